The van der Waals surface area contributed by atoms with Gasteiger partial charge in [0.15, 0.2) is 0 Å². The van der Waals surface area contributed by atoms with Crippen molar-refractivity contribution in [1.82, 2.24) is 15.1 Å². The molecule has 1 aromatic carbocycles. The van der Waals surface area contributed by atoms with Crippen molar-refractivity contribution in [2.24, 2.45) is 7.05 Å². The maximum absolute atomic E-state index is 4.47. The van der Waals surface area contributed by atoms with Crippen molar-refractivity contribution in [1.29, 1.82) is 0 Å². The molecule has 0 saturated heterocycles. The number of aryl methyl sites for hydroxylation is 3. The molecular weight excluding hydrogens is 222 g/mol. The van der Waals surface area contributed by atoms with Crippen molar-refractivity contribution in [2.75, 3.05) is 7.05 Å². The summed E-state index contributed by atoms with van der Waals surface area (Å²) >= 11 is 0. The van der Waals surface area contributed by atoms with E-state index in [4.69, 9.17) is 0 Å². The Morgan fingerprint density at radius 2 is 2.00 bits per heavy atom. The van der Waals surface area contributed by atoms with E-state index in [0.717, 1.165) is 12.1 Å². The van der Waals surface area contributed by atoms with Gasteiger partial charge in [0, 0.05) is 13.2 Å². The SMILES string of the molecule is CNC(Cc1ccc(C)c(C)c1)c1ccn(C)n1. The summed E-state index contributed by atoms with van der Waals surface area (Å²) in [5.74, 6) is 0. The van der Waals surface area contributed by atoms with Gasteiger partial charge in [0.25, 0.3) is 0 Å². The average Bonchev–Trinajstić information content (AvgIpc) is 2.77. The molecule has 18 heavy (non-hydrogen) atoms. The Balaban J connectivity index is 2.17. The van der Waals surface area contributed by atoms with Crippen LogP contribution < -0.4 is 5.32 Å². The van der Waals surface area contributed by atoms with Gasteiger partial charge in [-0.1, -0.05) is 18.2 Å². The lowest BCUT2D eigenvalue weighted by Gasteiger charge is -2.14. The number of benzene rings is 1. The Morgan fingerprint density at radius 3 is 2.56 bits per heavy atom. The molecule has 1 unspecified atom stereocenters. The highest BCUT2D eigenvalue weighted by molar-refractivity contribution is 5.31. The fourth-order valence-corrected chi connectivity index (χ4v) is 2.14. The van der Waals surface area contributed by atoms with Gasteiger partial charge in [0.05, 0.1) is 11.7 Å². The summed E-state index contributed by atoms with van der Waals surface area (Å²) < 4.78 is 1.85. The normalized spacial score (nSPS) is 12.7. The van der Waals surface area contributed by atoms with Crippen LogP contribution in [0.2, 0.25) is 0 Å². The van der Waals surface area contributed by atoms with Crippen molar-refractivity contribution < 1.29 is 0 Å². The van der Waals surface area contributed by atoms with Gasteiger partial charge in [-0.15, -0.1) is 0 Å². The van der Waals surface area contributed by atoms with Gasteiger partial charge in [-0.25, -0.2) is 0 Å². The van der Waals surface area contributed by atoms with Gasteiger partial charge in [0.1, 0.15) is 0 Å². The Morgan fingerprint density at radius 1 is 1.22 bits per heavy atom. The molecule has 1 atom stereocenters. The Labute approximate surface area is 109 Å². The molecule has 0 saturated carbocycles. The number of hydrogen-bond donors (Lipinski definition) is 1. The number of rotatable bonds is 4. The maximum Gasteiger partial charge on any atom is 0.0797 e. The van der Waals surface area contributed by atoms with Gasteiger partial charge >= 0.3 is 0 Å². The molecule has 0 aliphatic carbocycles. The van der Waals surface area contributed by atoms with Crippen LogP contribution in [0.15, 0.2) is 30.5 Å². The molecule has 0 aliphatic heterocycles. The molecule has 1 N–H and O–H groups in total. The minimum atomic E-state index is 0.272. The van der Waals surface area contributed by atoms with Gasteiger partial charge in [-0.3, -0.25) is 4.68 Å². The Kier molecular flexibility index (Phi) is 3.82. The molecule has 2 aromatic rings. The predicted molar refractivity (Wildman–Crippen MR) is 74.6 cm³/mol. The topological polar surface area (TPSA) is 29.9 Å². The van der Waals surface area contributed by atoms with E-state index in [1.807, 2.05) is 25.0 Å². The molecule has 0 spiro atoms. The third-order valence-corrected chi connectivity index (χ3v) is 3.45. The number of nitrogens with one attached hydrogen (secondary N) is 1. The quantitative estimate of drug-likeness (QED) is 0.894. The standard InChI is InChI=1S/C15H21N3/c1-11-5-6-13(9-12(11)2)10-15(16-3)14-7-8-18(4)17-14/h5-9,15-16H,10H2,1-4H3. The third-order valence-electron chi connectivity index (χ3n) is 3.45. The zero-order chi connectivity index (χ0) is 13.1. The van der Waals surface area contributed by atoms with Crippen molar-refractivity contribution in [3.8, 4) is 0 Å². The largest absolute Gasteiger partial charge is 0.311 e. The van der Waals surface area contributed by atoms with Crippen LogP contribution in [-0.2, 0) is 13.5 Å². The molecule has 0 amide bonds. The van der Waals surface area contributed by atoms with Crippen molar-refractivity contribution in [3.05, 3.63) is 52.8 Å². The van der Waals surface area contributed by atoms with Gasteiger partial charge in [-0.05, 0) is 50.1 Å². The second-order valence-electron chi connectivity index (χ2n) is 4.88. The lowest BCUT2D eigenvalue weighted by molar-refractivity contribution is 0.562. The monoisotopic (exact) mass is 243 g/mol. The molecule has 0 aliphatic rings. The minimum Gasteiger partial charge on any atom is -0.311 e. The van der Waals surface area contributed by atoms with Gasteiger partial charge < -0.3 is 5.32 Å². The van der Waals surface area contributed by atoms with Crippen LogP contribution in [0.4, 0.5) is 0 Å². The first-order chi connectivity index (χ1) is 8.60. The molecule has 0 fully saturated rings. The average molecular weight is 243 g/mol. The van der Waals surface area contributed by atoms with E-state index in [2.05, 4.69) is 48.5 Å². The molecule has 3 nitrogen and oxygen atoms in total. The third kappa shape index (κ3) is 2.79. The van der Waals surface area contributed by atoms with E-state index in [9.17, 15) is 0 Å². The number of likely N-dealkylation sites (N-methyl/N-ethyl adjacent to an activating group) is 1. The van der Waals surface area contributed by atoms with E-state index in [1.165, 1.54) is 16.7 Å². The number of nitrogens with zero attached hydrogens (tertiary/aromatic N) is 2. The molecule has 0 bridgehead atoms. The number of hydrogen-bond acceptors (Lipinski definition) is 2. The summed E-state index contributed by atoms with van der Waals surface area (Å²) in [7, 11) is 3.94. The van der Waals surface area contributed by atoms with E-state index in [0.29, 0.717) is 0 Å². The molecule has 2 rings (SSSR count). The van der Waals surface area contributed by atoms with Crippen LogP contribution in [0.25, 0.3) is 0 Å². The minimum absolute atomic E-state index is 0.272. The Hall–Kier alpha value is -1.61. The highest BCUT2D eigenvalue weighted by atomic mass is 15.3. The molecule has 96 valence electrons. The molecule has 0 radical (unpaired) electrons. The van der Waals surface area contributed by atoms with E-state index in [1.54, 1.807) is 0 Å². The lowest BCUT2D eigenvalue weighted by Crippen LogP contribution is -2.19. The molecule has 3 heteroatoms. The zero-order valence-electron chi connectivity index (χ0n) is 11.6. The van der Waals surface area contributed by atoms with E-state index in [-0.39, 0.29) is 6.04 Å². The maximum atomic E-state index is 4.47. The van der Waals surface area contributed by atoms with Crippen LogP contribution in [0.5, 0.6) is 0 Å². The van der Waals surface area contributed by atoms with Crippen LogP contribution in [0.1, 0.15) is 28.4 Å². The summed E-state index contributed by atoms with van der Waals surface area (Å²) in [5.41, 5.74) is 5.14. The van der Waals surface area contributed by atoms with E-state index < -0.39 is 0 Å². The van der Waals surface area contributed by atoms with Crippen LogP contribution in [-0.4, -0.2) is 16.8 Å². The summed E-state index contributed by atoms with van der Waals surface area (Å²) in [4.78, 5) is 0. The molecule has 1 heterocycles. The van der Waals surface area contributed by atoms with Gasteiger partial charge in [0.2, 0.25) is 0 Å². The van der Waals surface area contributed by atoms with Crippen molar-refractivity contribution in [3.63, 3.8) is 0 Å². The smallest absolute Gasteiger partial charge is 0.0797 e. The second kappa shape index (κ2) is 5.36. The summed E-state index contributed by atoms with van der Waals surface area (Å²) in [5, 5.41) is 7.81. The summed E-state index contributed by atoms with van der Waals surface area (Å²) in [6.07, 6.45) is 2.95. The number of aromatic nitrogens is 2. The second-order valence-corrected chi connectivity index (χ2v) is 4.88. The van der Waals surface area contributed by atoms with Gasteiger partial charge in [-0.2, -0.15) is 5.10 Å². The van der Waals surface area contributed by atoms with Crippen LogP contribution in [0.3, 0.4) is 0 Å². The summed E-state index contributed by atoms with van der Waals surface area (Å²) in [6.45, 7) is 4.31. The first-order valence-electron chi connectivity index (χ1n) is 6.33. The molecular formula is C15H21N3. The lowest BCUT2D eigenvalue weighted by atomic mass is 9.99. The predicted octanol–water partition coefficient (Wildman–Crippen LogP) is 2.54. The first kappa shape index (κ1) is 12.8. The molecule has 1 aromatic heterocycles. The van der Waals surface area contributed by atoms with Crippen molar-refractivity contribution in [2.45, 2.75) is 26.3 Å². The van der Waals surface area contributed by atoms with E-state index >= 15 is 0 Å². The Bertz CT molecular complexity index is 528. The fourth-order valence-electron chi connectivity index (χ4n) is 2.14. The summed E-state index contributed by atoms with van der Waals surface area (Å²) in [6, 6.07) is 9.00. The van der Waals surface area contributed by atoms with Crippen LogP contribution >= 0.6 is 0 Å². The fraction of sp³-hybridized carbons (Fsp3) is 0.400. The first-order valence-corrected chi connectivity index (χ1v) is 6.33. The van der Waals surface area contributed by atoms with Crippen molar-refractivity contribution >= 4 is 0 Å². The highest BCUT2D eigenvalue weighted by Gasteiger charge is 2.12. The van der Waals surface area contributed by atoms with Crippen LogP contribution in [0, 0.1) is 13.8 Å². The highest BCUT2D eigenvalue weighted by Crippen LogP contribution is 2.18. The zero-order valence-corrected chi connectivity index (χ0v) is 11.6.